The zero-order valence-corrected chi connectivity index (χ0v) is 18.8. The van der Waals surface area contributed by atoms with Crippen molar-refractivity contribution in [2.75, 3.05) is 23.7 Å². The third kappa shape index (κ3) is 5.42. The number of nitrogens with zero attached hydrogens (tertiary/aromatic N) is 1. The van der Waals surface area contributed by atoms with Gasteiger partial charge in [0.1, 0.15) is 0 Å². The number of amides is 3. The molecule has 3 N–H and O–H groups in total. The first-order chi connectivity index (χ1) is 14.7. The molecule has 1 atom stereocenters. The lowest BCUT2D eigenvalue weighted by molar-refractivity contribution is -0.116. The highest BCUT2D eigenvalue weighted by Crippen LogP contribution is 2.26. The molecule has 1 aliphatic heterocycles. The molecule has 0 fully saturated rings. The molecule has 0 saturated heterocycles. The van der Waals surface area contributed by atoms with E-state index in [1.165, 1.54) is 6.07 Å². The Labute approximate surface area is 183 Å². The topological polar surface area (TPSA) is 108 Å². The van der Waals surface area contributed by atoms with E-state index in [1.54, 1.807) is 48.2 Å². The predicted molar refractivity (Wildman–Crippen MR) is 121 cm³/mol. The summed E-state index contributed by atoms with van der Waals surface area (Å²) in [7, 11) is -3.74. The van der Waals surface area contributed by atoms with Crippen LogP contribution in [0.15, 0.2) is 47.4 Å². The normalized spacial score (nSPS) is 14.4. The van der Waals surface area contributed by atoms with Gasteiger partial charge in [-0.2, -0.15) is 0 Å². The van der Waals surface area contributed by atoms with Crippen LogP contribution in [-0.2, 0) is 21.2 Å². The van der Waals surface area contributed by atoms with E-state index < -0.39 is 16.1 Å². The number of carbonyl (C=O) groups is 2. The van der Waals surface area contributed by atoms with Crippen LogP contribution >= 0.6 is 0 Å². The van der Waals surface area contributed by atoms with E-state index in [9.17, 15) is 18.0 Å². The van der Waals surface area contributed by atoms with Crippen molar-refractivity contribution >= 4 is 33.3 Å². The average Bonchev–Trinajstić information content (AvgIpc) is 2.74. The monoisotopic (exact) mass is 444 g/mol. The molecule has 1 aliphatic rings. The van der Waals surface area contributed by atoms with Gasteiger partial charge in [-0.3, -0.25) is 4.79 Å². The molecule has 3 amide bonds. The van der Waals surface area contributed by atoms with E-state index in [0.717, 1.165) is 11.1 Å². The average molecular weight is 445 g/mol. The van der Waals surface area contributed by atoms with Crippen LogP contribution < -0.4 is 15.4 Å². The van der Waals surface area contributed by atoms with E-state index in [-0.39, 0.29) is 16.8 Å². The van der Waals surface area contributed by atoms with Crippen molar-refractivity contribution in [2.45, 2.75) is 44.6 Å². The Morgan fingerprint density at radius 3 is 2.42 bits per heavy atom. The highest BCUT2D eigenvalue weighted by molar-refractivity contribution is 7.89. The summed E-state index contributed by atoms with van der Waals surface area (Å²) < 4.78 is 28.4. The number of carbonyl (C=O) groups excluding carboxylic acids is 2. The number of urea groups is 1. The van der Waals surface area contributed by atoms with Crippen LogP contribution in [0, 0.1) is 0 Å². The molecule has 0 unspecified atom stereocenters. The van der Waals surface area contributed by atoms with Crippen LogP contribution in [0.4, 0.5) is 16.2 Å². The summed E-state index contributed by atoms with van der Waals surface area (Å²) >= 11 is 0. The maximum absolute atomic E-state index is 12.9. The van der Waals surface area contributed by atoms with E-state index >= 15 is 0 Å². The minimum absolute atomic E-state index is 0.0633. The van der Waals surface area contributed by atoms with Crippen molar-refractivity contribution < 1.29 is 18.0 Å². The molecule has 0 saturated carbocycles. The summed E-state index contributed by atoms with van der Waals surface area (Å²) in [4.78, 5) is 25.5. The number of hydrogen-bond acceptors (Lipinski definition) is 4. The number of sulfonamides is 1. The van der Waals surface area contributed by atoms with Crippen LogP contribution in [-0.4, -0.2) is 38.3 Å². The second-order valence-corrected chi connectivity index (χ2v) is 9.15. The summed E-state index contributed by atoms with van der Waals surface area (Å²) in [6, 6.07) is 11.2. The Kier molecular flexibility index (Phi) is 6.97. The summed E-state index contributed by atoms with van der Waals surface area (Å²) in [6.45, 7) is 6.83. The SMILES string of the molecule is CCN(CC)C(=O)Nc1ccc([C@H](C)NS(=O)(=O)c2ccc3c(c2)CCC(=O)N3)cc1. The molecule has 8 nitrogen and oxygen atoms in total. The fourth-order valence-corrected chi connectivity index (χ4v) is 4.75. The predicted octanol–water partition coefficient (Wildman–Crippen LogP) is 3.48. The molecule has 3 rings (SSSR count). The summed E-state index contributed by atoms with van der Waals surface area (Å²) in [5.74, 6) is -0.0633. The standard InChI is InChI=1S/C22H28N4O4S/c1-4-26(5-2)22(28)23-18-9-6-16(7-10-18)15(3)25-31(29,30)19-11-12-20-17(14-19)8-13-21(27)24-20/h6-7,9-12,14-15,25H,4-5,8,13H2,1-3H3,(H,23,28)(H,24,27)/t15-/m0/s1. The van der Waals surface area contributed by atoms with Gasteiger partial charge in [0.25, 0.3) is 0 Å². The molecular formula is C22H28N4O4S. The molecule has 2 aromatic rings. The number of aryl methyl sites for hydroxylation is 1. The molecule has 31 heavy (non-hydrogen) atoms. The molecule has 0 bridgehead atoms. The van der Waals surface area contributed by atoms with Crippen LogP contribution in [0.2, 0.25) is 0 Å². The van der Waals surface area contributed by atoms with E-state index in [1.807, 2.05) is 13.8 Å². The van der Waals surface area contributed by atoms with Gasteiger partial charge in [-0.05, 0) is 68.7 Å². The van der Waals surface area contributed by atoms with Gasteiger partial charge in [0, 0.05) is 36.9 Å². The second kappa shape index (κ2) is 9.49. The summed E-state index contributed by atoms with van der Waals surface area (Å²) in [5, 5.41) is 5.59. The first-order valence-electron chi connectivity index (χ1n) is 10.3. The fourth-order valence-electron chi connectivity index (χ4n) is 3.46. The smallest absolute Gasteiger partial charge is 0.321 e. The Balaban J connectivity index is 1.68. The van der Waals surface area contributed by atoms with Crippen molar-refractivity contribution in [3.63, 3.8) is 0 Å². The van der Waals surface area contributed by atoms with Gasteiger partial charge in [-0.1, -0.05) is 12.1 Å². The van der Waals surface area contributed by atoms with E-state index in [2.05, 4.69) is 15.4 Å². The number of rotatable bonds is 7. The molecule has 1 heterocycles. The summed E-state index contributed by atoms with van der Waals surface area (Å²) in [6.07, 6.45) is 0.859. The largest absolute Gasteiger partial charge is 0.326 e. The van der Waals surface area contributed by atoms with Gasteiger partial charge >= 0.3 is 6.03 Å². The van der Waals surface area contributed by atoms with Crippen molar-refractivity contribution in [1.82, 2.24) is 9.62 Å². The first-order valence-corrected chi connectivity index (χ1v) is 11.8. The zero-order valence-electron chi connectivity index (χ0n) is 17.9. The lowest BCUT2D eigenvalue weighted by Crippen LogP contribution is -2.34. The number of hydrogen-bond donors (Lipinski definition) is 3. The van der Waals surface area contributed by atoms with E-state index in [0.29, 0.717) is 37.3 Å². The Bertz CT molecular complexity index is 1060. The quantitative estimate of drug-likeness (QED) is 0.608. The molecule has 0 aliphatic carbocycles. The molecule has 0 aromatic heterocycles. The number of benzene rings is 2. The highest BCUT2D eigenvalue weighted by atomic mass is 32.2. The maximum Gasteiger partial charge on any atom is 0.321 e. The summed E-state index contributed by atoms with van der Waals surface area (Å²) in [5.41, 5.74) is 2.89. The zero-order chi connectivity index (χ0) is 22.6. The fraction of sp³-hybridized carbons (Fsp3) is 0.364. The van der Waals surface area contributed by atoms with Crippen LogP contribution in [0.1, 0.15) is 44.4 Å². The molecule has 9 heteroatoms. The Morgan fingerprint density at radius 1 is 1.10 bits per heavy atom. The Hall–Kier alpha value is -2.91. The van der Waals surface area contributed by atoms with Crippen LogP contribution in [0.3, 0.4) is 0 Å². The molecule has 2 aromatic carbocycles. The van der Waals surface area contributed by atoms with Gasteiger partial charge in [0.05, 0.1) is 4.90 Å². The van der Waals surface area contributed by atoms with Crippen molar-refractivity contribution in [3.05, 3.63) is 53.6 Å². The van der Waals surface area contributed by atoms with Gasteiger partial charge in [-0.15, -0.1) is 0 Å². The van der Waals surface area contributed by atoms with Crippen molar-refractivity contribution in [2.24, 2.45) is 0 Å². The minimum Gasteiger partial charge on any atom is -0.326 e. The maximum atomic E-state index is 12.9. The number of fused-ring (bicyclic) bond motifs is 1. The highest BCUT2D eigenvalue weighted by Gasteiger charge is 2.22. The third-order valence-electron chi connectivity index (χ3n) is 5.33. The molecule has 0 spiro atoms. The van der Waals surface area contributed by atoms with Gasteiger partial charge < -0.3 is 15.5 Å². The number of nitrogens with one attached hydrogen (secondary N) is 3. The van der Waals surface area contributed by atoms with Crippen LogP contribution in [0.25, 0.3) is 0 Å². The van der Waals surface area contributed by atoms with Gasteiger partial charge in [0.2, 0.25) is 15.9 Å². The molecule has 166 valence electrons. The van der Waals surface area contributed by atoms with Crippen molar-refractivity contribution in [3.8, 4) is 0 Å². The minimum atomic E-state index is -3.74. The van der Waals surface area contributed by atoms with Crippen molar-refractivity contribution in [1.29, 1.82) is 0 Å². The lowest BCUT2D eigenvalue weighted by Gasteiger charge is -2.20. The third-order valence-corrected chi connectivity index (χ3v) is 6.87. The molecular weight excluding hydrogens is 416 g/mol. The lowest BCUT2D eigenvalue weighted by atomic mass is 10.0. The van der Waals surface area contributed by atoms with E-state index in [4.69, 9.17) is 0 Å². The van der Waals surface area contributed by atoms with Gasteiger partial charge in [-0.25, -0.2) is 17.9 Å². The molecule has 0 radical (unpaired) electrons. The van der Waals surface area contributed by atoms with Gasteiger partial charge in [0.15, 0.2) is 0 Å². The first kappa shape index (κ1) is 22.8. The Morgan fingerprint density at radius 2 is 1.77 bits per heavy atom. The number of anilines is 2. The second-order valence-electron chi connectivity index (χ2n) is 7.43. The van der Waals surface area contributed by atoms with Crippen LogP contribution in [0.5, 0.6) is 0 Å².